The highest BCUT2D eigenvalue weighted by Crippen LogP contribution is 2.29. The lowest BCUT2D eigenvalue weighted by Gasteiger charge is -2.14. The van der Waals surface area contributed by atoms with Crippen LogP contribution in [0.4, 0.5) is 0 Å². The smallest absolute Gasteiger partial charge is 0.259 e. The molecular weight excluding hydrogens is 316 g/mol. The fourth-order valence-electron chi connectivity index (χ4n) is 3.44. The lowest BCUT2D eigenvalue weighted by molar-refractivity contribution is 0.0879. The van der Waals surface area contributed by atoms with E-state index >= 15 is 0 Å². The molecule has 126 valence electrons. The van der Waals surface area contributed by atoms with Gasteiger partial charge in [-0.05, 0) is 42.5 Å². The molecule has 1 unspecified atom stereocenters. The average Bonchev–Trinajstić information content (AvgIpc) is 3.16. The molecule has 0 aliphatic carbocycles. The van der Waals surface area contributed by atoms with Gasteiger partial charge in [-0.1, -0.05) is 19.1 Å². The molecule has 1 aromatic carbocycles. The molecule has 3 heterocycles. The summed E-state index contributed by atoms with van der Waals surface area (Å²) in [5.41, 5.74) is 3.75. The summed E-state index contributed by atoms with van der Waals surface area (Å²) in [4.78, 5) is 32.6. The predicted octanol–water partition coefficient (Wildman–Crippen LogP) is 2.90. The lowest BCUT2D eigenvalue weighted by atomic mass is 9.90. The van der Waals surface area contributed by atoms with Gasteiger partial charge in [-0.15, -0.1) is 0 Å². The monoisotopic (exact) mass is 334 g/mol. The normalized spacial score (nSPS) is 14.6. The number of aryl methyl sites for hydroxylation is 1. The maximum atomic E-state index is 12.1. The Morgan fingerprint density at radius 3 is 2.88 bits per heavy atom. The summed E-state index contributed by atoms with van der Waals surface area (Å²) in [6, 6.07) is 9.31. The summed E-state index contributed by atoms with van der Waals surface area (Å²) >= 11 is 0. The number of hydrogen-bond acceptors (Lipinski definition) is 4. The third kappa shape index (κ3) is 2.69. The molecule has 0 saturated heterocycles. The fourth-order valence-corrected chi connectivity index (χ4v) is 3.44. The van der Waals surface area contributed by atoms with Crippen LogP contribution in [0, 0.1) is 0 Å². The molecule has 0 bridgehead atoms. The minimum Gasteiger partial charge on any atom is -0.315 e. The molecule has 1 N–H and O–H groups in total. The Bertz CT molecular complexity index is 976. The number of hydrogen-bond donors (Lipinski definition) is 1. The van der Waals surface area contributed by atoms with Crippen molar-refractivity contribution < 1.29 is 9.59 Å². The maximum absolute atomic E-state index is 12.1. The number of carbonyl (C=O) groups excluding carboxylic acids is 2. The van der Waals surface area contributed by atoms with Gasteiger partial charge in [-0.3, -0.25) is 14.9 Å². The van der Waals surface area contributed by atoms with Gasteiger partial charge in [0.1, 0.15) is 5.52 Å². The summed E-state index contributed by atoms with van der Waals surface area (Å²) in [5, 5.41) is 2.38. The zero-order valence-corrected chi connectivity index (χ0v) is 13.9. The molecule has 3 aromatic rings. The van der Waals surface area contributed by atoms with E-state index in [2.05, 4.69) is 22.2 Å². The van der Waals surface area contributed by atoms with E-state index in [1.54, 1.807) is 12.3 Å². The Balaban J connectivity index is 1.48. The second-order valence-electron chi connectivity index (χ2n) is 6.38. The average molecular weight is 334 g/mol. The molecule has 1 atom stereocenters. The maximum Gasteiger partial charge on any atom is 0.259 e. The van der Waals surface area contributed by atoms with Crippen molar-refractivity contribution >= 4 is 23.0 Å². The zero-order valence-electron chi connectivity index (χ0n) is 13.9. The first-order chi connectivity index (χ1) is 12.1. The van der Waals surface area contributed by atoms with Crippen LogP contribution in [-0.2, 0) is 6.54 Å². The number of nitrogens with zero attached hydrogens (tertiary/aromatic N) is 3. The van der Waals surface area contributed by atoms with E-state index in [4.69, 9.17) is 0 Å². The van der Waals surface area contributed by atoms with Gasteiger partial charge < -0.3 is 4.57 Å². The summed E-state index contributed by atoms with van der Waals surface area (Å²) in [5.74, 6) is -0.397. The Morgan fingerprint density at radius 1 is 1.12 bits per heavy atom. The second kappa shape index (κ2) is 6.12. The first-order valence-corrected chi connectivity index (χ1v) is 8.39. The van der Waals surface area contributed by atoms with Crippen LogP contribution in [-0.4, -0.2) is 26.3 Å². The SMILES string of the molecule is CC(CCCn1cnc2cccnc21)c1cccc2c1C(=O)NC2=O. The molecule has 0 fully saturated rings. The second-order valence-corrected chi connectivity index (χ2v) is 6.38. The third-order valence-electron chi connectivity index (χ3n) is 4.74. The number of amides is 2. The van der Waals surface area contributed by atoms with Crippen LogP contribution < -0.4 is 5.32 Å². The minimum atomic E-state index is -0.301. The Hall–Kier alpha value is -3.02. The number of carbonyl (C=O) groups is 2. The Kier molecular flexibility index (Phi) is 3.80. The number of fused-ring (bicyclic) bond motifs is 2. The molecule has 4 rings (SSSR count). The Morgan fingerprint density at radius 2 is 2.00 bits per heavy atom. The molecular formula is C19H18N4O2. The van der Waals surface area contributed by atoms with Crippen molar-refractivity contribution in [1.29, 1.82) is 0 Å². The van der Waals surface area contributed by atoms with Crippen molar-refractivity contribution in [2.75, 3.05) is 0 Å². The molecule has 1 aliphatic rings. The number of aromatic nitrogens is 3. The van der Waals surface area contributed by atoms with E-state index in [1.807, 2.05) is 35.2 Å². The summed E-state index contributed by atoms with van der Waals surface area (Å²) in [6.07, 6.45) is 5.42. The van der Waals surface area contributed by atoms with E-state index in [0.29, 0.717) is 11.1 Å². The molecule has 0 radical (unpaired) electrons. The summed E-state index contributed by atoms with van der Waals surface area (Å²) < 4.78 is 2.05. The fraction of sp³-hybridized carbons (Fsp3) is 0.263. The largest absolute Gasteiger partial charge is 0.315 e. The first-order valence-electron chi connectivity index (χ1n) is 8.39. The van der Waals surface area contributed by atoms with Crippen LogP contribution in [0.2, 0.25) is 0 Å². The van der Waals surface area contributed by atoms with Gasteiger partial charge >= 0.3 is 0 Å². The van der Waals surface area contributed by atoms with Crippen LogP contribution in [0.25, 0.3) is 11.2 Å². The van der Waals surface area contributed by atoms with Gasteiger partial charge in [-0.25, -0.2) is 9.97 Å². The molecule has 0 saturated carbocycles. The van der Waals surface area contributed by atoms with Gasteiger partial charge in [0.25, 0.3) is 11.8 Å². The van der Waals surface area contributed by atoms with Crippen molar-refractivity contribution in [2.45, 2.75) is 32.2 Å². The van der Waals surface area contributed by atoms with Gasteiger partial charge in [-0.2, -0.15) is 0 Å². The van der Waals surface area contributed by atoms with Crippen LogP contribution in [0.15, 0.2) is 42.9 Å². The van der Waals surface area contributed by atoms with E-state index in [1.165, 1.54) is 0 Å². The van der Waals surface area contributed by atoms with E-state index in [-0.39, 0.29) is 17.7 Å². The van der Waals surface area contributed by atoms with Gasteiger partial charge in [0.15, 0.2) is 5.65 Å². The summed E-state index contributed by atoms with van der Waals surface area (Å²) in [7, 11) is 0. The molecule has 2 amide bonds. The number of imidazole rings is 1. The lowest BCUT2D eigenvalue weighted by Crippen LogP contribution is -2.20. The highest BCUT2D eigenvalue weighted by Gasteiger charge is 2.30. The van der Waals surface area contributed by atoms with Crippen LogP contribution >= 0.6 is 0 Å². The molecule has 6 nitrogen and oxygen atoms in total. The van der Waals surface area contributed by atoms with Crippen molar-refractivity contribution in [3.63, 3.8) is 0 Å². The first kappa shape index (κ1) is 15.5. The van der Waals surface area contributed by atoms with E-state index in [9.17, 15) is 9.59 Å². The van der Waals surface area contributed by atoms with Crippen LogP contribution in [0.5, 0.6) is 0 Å². The van der Waals surface area contributed by atoms with Crippen molar-refractivity contribution in [3.8, 4) is 0 Å². The molecule has 2 aromatic heterocycles. The minimum absolute atomic E-state index is 0.189. The highest BCUT2D eigenvalue weighted by atomic mass is 16.2. The molecule has 1 aliphatic heterocycles. The van der Waals surface area contributed by atoms with Crippen molar-refractivity contribution in [2.24, 2.45) is 0 Å². The van der Waals surface area contributed by atoms with E-state index < -0.39 is 0 Å². The number of nitrogens with one attached hydrogen (secondary N) is 1. The predicted molar refractivity (Wildman–Crippen MR) is 93.4 cm³/mol. The number of benzene rings is 1. The molecule has 6 heteroatoms. The van der Waals surface area contributed by atoms with Gasteiger partial charge in [0, 0.05) is 12.7 Å². The van der Waals surface area contributed by atoms with Crippen LogP contribution in [0.3, 0.4) is 0 Å². The topological polar surface area (TPSA) is 76.9 Å². The number of pyridine rings is 1. The summed E-state index contributed by atoms with van der Waals surface area (Å²) in [6.45, 7) is 2.91. The molecule has 0 spiro atoms. The Labute approximate surface area is 144 Å². The highest BCUT2D eigenvalue weighted by molar-refractivity contribution is 6.22. The number of rotatable bonds is 5. The van der Waals surface area contributed by atoms with Gasteiger partial charge in [0.2, 0.25) is 0 Å². The standard InChI is InChI=1S/C19H18N4O2/c1-12(13-6-2-7-14-16(13)19(25)22-18(14)24)5-4-10-23-11-21-15-8-3-9-20-17(15)23/h2-3,6-9,11-12H,4-5,10H2,1H3,(H,22,24,25). The number of imide groups is 1. The van der Waals surface area contributed by atoms with Gasteiger partial charge in [0.05, 0.1) is 17.5 Å². The van der Waals surface area contributed by atoms with E-state index in [0.717, 1.165) is 36.1 Å². The zero-order chi connectivity index (χ0) is 17.4. The quantitative estimate of drug-likeness (QED) is 0.728. The molecule has 25 heavy (non-hydrogen) atoms. The van der Waals surface area contributed by atoms with Crippen molar-refractivity contribution in [3.05, 3.63) is 59.5 Å². The van der Waals surface area contributed by atoms with Crippen LogP contribution in [0.1, 0.15) is 52.0 Å². The third-order valence-corrected chi connectivity index (χ3v) is 4.74. The van der Waals surface area contributed by atoms with Crippen molar-refractivity contribution in [1.82, 2.24) is 19.9 Å².